The van der Waals surface area contributed by atoms with Crippen LogP contribution in [-0.2, 0) is 31.9 Å². The molecule has 0 fully saturated rings. The van der Waals surface area contributed by atoms with Gasteiger partial charge in [-0.05, 0) is 24.1 Å². The van der Waals surface area contributed by atoms with Crippen molar-refractivity contribution in [1.82, 2.24) is 10.3 Å². The molecule has 0 bridgehead atoms. The second kappa shape index (κ2) is 11.5. The molecule has 0 aliphatic heterocycles. The van der Waals surface area contributed by atoms with Crippen LogP contribution in [0.2, 0.25) is 0 Å². The summed E-state index contributed by atoms with van der Waals surface area (Å²) >= 11 is 0. The fraction of sp³-hybridized carbons (Fsp3) is 0.471. The number of hydrogen-bond donors (Lipinski definition) is 1. The van der Waals surface area contributed by atoms with Gasteiger partial charge in [-0.2, -0.15) is 0 Å². The molecule has 1 aromatic heterocycles. The van der Waals surface area contributed by atoms with Crippen molar-refractivity contribution < 1.29 is 19.1 Å². The van der Waals surface area contributed by atoms with Gasteiger partial charge in [0.1, 0.15) is 6.61 Å². The number of carbonyl (C=O) groups is 2. The lowest BCUT2D eigenvalue weighted by Gasteiger charge is -2.06. The van der Waals surface area contributed by atoms with Crippen LogP contribution in [0, 0.1) is 0 Å². The highest BCUT2D eigenvalue weighted by Crippen LogP contribution is 2.02. The Morgan fingerprint density at radius 1 is 1.26 bits per heavy atom. The molecule has 0 aromatic carbocycles. The summed E-state index contributed by atoms with van der Waals surface area (Å²) in [6, 6.07) is 3.85. The summed E-state index contributed by atoms with van der Waals surface area (Å²) < 4.78 is 10.5. The number of aryl methyl sites for hydroxylation is 1. The number of pyridine rings is 1. The van der Waals surface area contributed by atoms with E-state index < -0.39 is 0 Å². The molecule has 6 nitrogen and oxygen atoms in total. The summed E-state index contributed by atoms with van der Waals surface area (Å²) in [6.45, 7) is 6.98. The van der Waals surface area contributed by atoms with Gasteiger partial charge in [0.2, 0.25) is 5.91 Å². The van der Waals surface area contributed by atoms with Crippen molar-refractivity contribution in [3.05, 3.63) is 42.2 Å². The number of aromatic nitrogens is 1. The zero-order valence-electron chi connectivity index (χ0n) is 13.5. The summed E-state index contributed by atoms with van der Waals surface area (Å²) in [6.07, 6.45) is 4.15. The second-order valence-electron chi connectivity index (χ2n) is 4.89. The number of amides is 1. The number of nitrogens with zero attached hydrogens (tertiary/aromatic N) is 1. The first kappa shape index (κ1) is 19.0. The van der Waals surface area contributed by atoms with E-state index in [0.29, 0.717) is 32.8 Å². The Balaban J connectivity index is 2.03. The van der Waals surface area contributed by atoms with Crippen molar-refractivity contribution in [3.63, 3.8) is 0 Å². The first-order valence-electron chi connectivity index (χ1n) is 7.67. The van der Waals surface area contributed by atoms with Crippen molar-refractivity contribution in [2.45, 2.75) is 19.8 Å². The molecular weight excluding hydrogens is 296 g/mol. The molecule has 1 N–H and O–H groups in total. The summed E-state index contributed by atoms with van der Waals surface area (Å²) in [4.78, 5) is 26.9. The van der Waals surface area contributed by atoms with Gasteiger partial charge >= 0.3 is 0 Å². The van der Waals surface area contributed by atoms with Gasteiger partial charge in [0.25, 0.3) is 0 Å². The number of ether oxygens (including phenoxy) is 2. The zero-order chi connectivity index (χ0) is 16.9. The normalized spacial score (nSPS) is 10.3. The van der Waals surface area contributed by atoms with Crippen LogP contribution in [0.3, 0.4) is 0 Å². The SMILES string of the molecule is C=CC(=O)NCCOCCOCC(=O)Cc1ccc(CC)nc1. The van der Waals surface area contributed by atoms with E-state index in [9.17, 15) is 9.59 Å². The second-order valence-corrected chi connectivity index (χ2v) is 4.89. The maximum Gasteiger partial charge on any atom is 0.243 e. The molecule has 0 atom stereocenters. The molecule has 1 rings (SSSR count). The number of nitrogens with one attached hydrogen (secondary N) is 1. The molecule has 0 unspecified atom stereocenters. The lowest BCUT2D eigenvalue weighted by Crippen LogP contribution is -2.25. The molecule has 1 aromatic rings. The monoisotopic (exact) mass is 320 g/mol. The van der Waals surface area contributed by atoms with Crippen LogP contribution < -0.4 is 5.32 Å². The average Bonchev–Trinajstić information content (AvgIpc) is 2.57. The molecule has 0 spiro atoms. The Labute approximate surface area is 136 Å². The molecular formula is C17H24N2O4. The Kier molecular flexibility index (Phi) is 9.51. The Morgan fingerprint density at radius 2 is 2.04 bits per heavy atom. The van der Waals surface area contributed by atoms with Gasteiger partial charge < -0.3 is 14.8 Å². The third-order valence-corrected chi connectivity index (χ3v) is 3.02. The number of carbonyl (C=O) groups excluding carboxylic acids is 2. The predicted octanol–water partition coefficient (Wildman–Crippen LogP) is 1.09. The van der Waals surface area contributed by atoms with Crippen LogP contribution in [0.5, 0.6) is 0 Å². The lowest BCUT2D eigenvalue weighted by atomic mass is 10.1. The highest BCUT2D eigenvalue weighted by Gasteiger charge is 2.04. The molecule has 0 aliphatic carbocycles. The maximum absolute atomic E-state index is 11.8. The van der Waals surface area contributed by atoms with E-state index >= 15 is 0 Å². The maximum atomic E-state index is 11.8. The minimum Gasteiger partial charge on any atom is -0.377 e. The van der Waals surface area contributed by atoms with Crippen LogP contribution in [0.25, 0.3) is 0 Å². The van der Waals surface area contributed by atoms with Crippen molar-refractivity contribution in [2.24, 2.45) is 0 Å². The van der Waals surface area contributed by atoms with Crippen molar-refractivity contribution in [2.75, 3.05) is 33.0 Å². The minimum atomic E-state index is -0.225. The first-order valence-corrected chi connectivity index (χ1v) is 7.67. The first-order chi connectivity index (χ1) is 11.2. The van der Waals surface area contributed by atoms with Crippen molar-refractivity contribution in [1.29, 1.82) is 0 Å². The predicted molar refractivity (Wildman–Crippen MR) is 87.2 cm³/mol. The number of ketones is 1. The van der Waals surface area contributed by atoms with Crippen LogP contribution in [0.15, 0.2) is 31.0 Å². The molecule has 23 heavy (non-hydrogen) atoms. The lowest BCUT2D eigenvalue weighted by molar-refractivity contribution is -0.123. The van der Waals surface area contributed by atoms with E-state index in [-0.39, 0.29) is 18.3 Å². The molecule has 1 amide bonds. The van der Waals surface area contributed by atoms with Gasteiger partial charge in [0.15, 0.2) is 5.78 Å². The van der Waals surface area contributed by atoms with Gasteiger partial charge in [-0.1, -0.05) is 19.6 Å². The number of Topliss-reactive ketones (excluding diaryl/α,β-unsaturated/α-hetero) is 1. The average molecular weight is 320 g/mol. The van der Waals surface area contributed by atoms with Gasteiger partial charge in [-0.25, -0.2) is 0 Å². The van der Waals surface area contributed by atoms with E-state index in [0.717, 1.165) is 17.7 Å². The third kappa shape index (κ3) is 8.85. The molecule has 6 heteroatoms. The quantitative estimate of drug-likeness (QED) is 0.461. The Hall–Kier alpha value is -2.05. The van der Waals surface area contributed by atoms with E-state index in [1.807, 2.05) is 19.1 Å². The highest BCUT2D eigenvalue weighted by atomic mass is 16.5. The zero-order valence-corrected chi connectivity index (χ0v) is 13.5. The van der Waals surface area contributed by atoms with Crippen molar-refractivity contribution in [3.8, 4) is 0 Å². The fourth-order valence-electron chi connectivity index (χ4n) is 1.77. The third-order valence-electron chi connectivity index (χ3n) is 3.02. The highest BCUT2D eigenvalue weighted by molar-refractivity contribution is 5.86. The number of hydrogen-bond acceptors (Lipinski definition) is 5. The van der Waals surface area contributed by atoms with E-state index in [4.69, 9.17) is 9.47 Å². The van der Waals surface area contributed by atoms with E-state index in [2.05, 4.69) is 16.9 Å². The smallest absolute Gasteiger partial charge is 0.243 e. The summed E-state index contributed by atoms with van der Waals surface area (Å²) in [5.41, 5.74) is 1.91. The van der Waals surface area contributed by atoms with Gasteiger partial charge in [-0.3, -0.25) is 14.6 Å². The van der Waals surface area contributed by atoms with E-state index in [1.54, 1.807) is 6.20 Å². The Morgan fingerprint density at radius 3 is 2.70 bits per heavy atom. The van der Waals surface area contributed by atoms with Crippen LogP contribution in [0.4, 0.5) is 0 Å². The summed E-state index contributed by atoms with van der Waals surface area (Å²) in [7, 11) is 0. The van der Waals surface area contributed by atoms with E-state index in [1.165, 1.54) is 6.08 Å². The van der Waals surface area contributed by atoms with Crippen molar-refractivity contribution >= 4 is 11.7 Å². The van der Waals surface area contributed by atoms with Gasteiger partial charge in [0.05, 0.1) is 19.8 Å². The van der Waals surface area contributed by atoms with Crippen LogP contribution >= 0.6 is 0 Å². The Bertz CT molecular complexity index is 500. The summed E-state index contributed by atoms with van der Waals surface area (Å²) in [5.74, 6) is -0.216. The van der Waals surface area contributed by atoms with Crippen LogP contribution in [-0.4, -0.2) is 49.6 Å². The molecule has 126 valence electrons. The largest absolute Gasteiger partial charge is 0.377 e. The minimum absolute atomic E-state index is 0.00861. The van der Waals surface area contributed by atoms with Gasteiger partial charge in [-0.15, -0.1) is 0 Å². The molecule has 0 saturated heterocycles. The molecule has 0 aliphatic rings. The number of rotatable bonds is 12. The fourth-order valence-corrected chi connectivity index (χ4v) is 1.77. The molecule has 0 saturated carbocycles. The van der Waals surface area contributed by atoms with Crippen LogP contribution in [0.1, 0.15) is 18.2 Å². The summed E-state index contributed by atoms with van der Waals surface area (Å²) in [5, 5.41) is 2.59. The molecule has 1 heterocycles. The topological polar surface area (TPSA) is 77.5 Å². The standard InChI is InChI=1S/C17H24N2O4/c1-3-15-6-5-14(12-19-15)11-16(20)13-23-10-9-22-8-7-18-17(21)4-2/h4-6,12H,2-3,7-11,13H2,1H3,(H,18,21). The van der Waals surface area contributed by atoms with Gasteiger partial charge in [0, 0.05) is 24.9 Å². The molecule has 0 radical (unpaired) electrons.